The summed E-state index contributed by atoms with van der Waals surface area (Å²) in [6.45, 7) is 0. The van der Waals surface area contributed by atoms with Gasteiger partial charge in [-0.25, -0.2) is 4.98 Å². The number of nitro groups is 1. The third-order valence-electron chi connectivity index (χ3n) is 3.70. The van der Waals surface area contributed by atoms with Crippen molar-refractivity contribution in [3.63, 3.8) is 0 Å². The zero-order valence-corrected chi connectivity index (χ0v) is 12.9. The molecule has 4 rings (SSSR count). The monoisotopic (exact) mass is 332 g/mol. The number of imidazole rings is 1. The Morgan fingerprint density at radius 2 is 1.96 bits per heavy atom. The van der Waals surface area contributed by atoms with E-state index in [9.17, 15) is 10.1 Å². The van der Waals surface area contributed by atoms with Gasteiger partial charge in [0.25, 0.3) is 0 Å². The van der Waals surface area contributed by atoms with Gasteiger partial charge in [-0.1, -0.05) is 18.2 Å². The third kappa shape index (κ3) is 2.90. The molecule has 0 saturated heterocycles. The van der Waals surface area contributed by atoms with E-state index < -0.39 is 4.92 Å². The number of furan rings is 1. The summed E-state index contributed by atoms with van der Waals surface area (Å²) in [5.74, 6) is 0.0140. The summed E-state index contributed by atoms with van der Waals surface area (Å²) in [7, 11) is 0. The predicted molar refractivity (Wildman–Crippen MR) is 93.7 cm³/mol. The minimum absolute atomic E-state index is 0.307. The summed E-state index contributed by atoms with van der Waals surface area (Å²) in [5, 5.41) is 10.6. The van der Waals surface area contributed by atoms with E-state index in [1.54, 1.807) is 6.33 Å². The summed E-state index contributed by atoms with van der Waals surface area (Å²) in [6, 6.07) is 18.4. The number of hydrogen-bond acceptors (Lipinski definition) is 5. The van der Waals surface area contributed by atoms with Crippen LogP contribution in [0.5, 0.6) is 0 Å². The van der Waals surface area contributed by atoms with Gasteiger partial charge in [0.15, 0.2) is 5.76 Å². The molecule has 122 valence electrons. The minimum Gasteiger partial charge on any atom is -0.400 e. The number of fused-ring (bicyclic) bond motifs is 1. The molecule has 0 unspecified atom stereocenters. The minimum atomic E-state index is -0.584. The standard InChI is InChI=1S/C18H12N4O3/c23-22(24)18-9-7-15(25-18)11-19-13-6-8-17-16(10-13)20-12-21(17)14-4-2-1-3-5-14/h1-12H. The second kappa shape index (κ2) is 6.04. The van der Waals surface area contributed by atoms with Crippen LogP contribution in [0.3, 0.4) is 0 Å². The number of aliphatic imine (C=N–C) groups is 1. The molecule has 0 amide bonds. The van der Waals surface area contributed by atoms with Crippen molar-refractivity contribution in [1.82, 2.24) is 9.55 Å². The molecule has 2 heterocycles. The molecule has 0 aliphatic rings. The lowest BCUT2D eigenvalue weighted by Gasteiger charge is -2.03. The Balaban J connectivity index is 1.63. The summed E-state index contributed by atoms with van der Waals surface area (Å²) in [5.41, 5.74) is 3.50. The van der Waals surface area contributed by atoms with Crippen molar-refractivity contribution in [2.24, 2.45) is 4.99 Å². The van der Waals surface area contributed by atoms with Crippen LogP contribution in [0.15, 0.2) is 76.4 Å². The van der Waals surface area contributed by atoms with Crippen LogP contribution in [-0.4, -0.2) is 20.7 Å². The molecule has 0 N–H and O–H groups in total. The smallest absolute Gasteiger partial charge is 0.400 e. The van der Waals surface area contributed by atoms with Crippen molar-refractivity contribution in [3.05, 3.63) is 82.9 Å². The number of benzene rings is 2. The van der Waals surface area contributed by atoms with Crippen LogP contribution in [0.2, 0.25) is 0 Å². The highest BCUT2D eigenvalue weighted by molar-refractivity contribution is 5.84. The fourth-order valence-electron chi connectivity index (χ4n) is 2.52. The number of rotatable bonds is 4. The van der Waals surface area contributed by atoms with Gasteiger partial charge in [0.1, 0.15) is 11.3 Å². The van der Waals surface area contributed by atoms with E-state index in [1.807, 2.05) is 53.1 Å². The molecule has 4 aromatic rings. The summed E-state index contributed by atoms with van der Waals surface area (Å²) in [6.07, 6.45) is 3.21. The van der Waals surface area contributed by atoms with Gasteiger partial charge in [0.05, 0.1) is 29.0 Å². The summed E-state index contributed by atoms with van der Waals surface area (Å²) >= 11 is 0. The van der Waals surface area contributed by atoms with E-state index in [1.165, 1.54) is 18.3 Å². The van der Waals surface area contributed by atoms with Gasteiger partial charge in [-0.15, -0.1) is 0 Å². The van der Waals surface area contributed by atoms with Crippen molar-refractivity contribution in [2.75, 3.05) is 0 Å². The number of para-hydroxylation sites is 1. The largest absolute Gasteiger partial charge is 0.433 e. The molecule has 0 atom stereocenters. The van der Waals surface area contributed by atoms with Crippen molar-refractivity contribution in [2.45, 2.75) is 0 Å². The van der Waals surface area contributed by atoms with Crippen LogP contribution in [0, 0.1) is 10.1 Å². The predicted octanol–water partition coefficient (Wildman–Crippen LogP) is 4.28. The molecular formula is C18H12N4O3. The van der Waals surface area contributed by atoms with E-state index >= 15 is 0 Å². The topological polar surface area (TPSA) is 86.5 Å². The first kappa shape index (κ1) is 14.8. The summed E-state index contributed by atoms with van der Waals surface area (Å²) < 4.78 is 7.05. The first-order valence-corrected chi connectivity index (χ1v) is 7.51. The van der Waals surface area contributed by atoms with Gasteiger partial charge in [0.2, 0.25) is 0 Å². The lowest BCUT2D eigenvalue weighted by Crippen LogP contribution is -1.90. The third-order valence-corrected chi connectivity index (χ3v) is 3.70. The van der Waals surface area contributed by atoms with E-state index in [-0.39, 0.29) is 5.88 Å². The Labute approximate surface area is 142 Å². The normalized spacial score (nSPS) is 11.4. The molecule has 0 saturated carbocycles. The van der Waals surface area contributed by atoms with Crippen LogP contribution in [0.1, 0.15) is 5.76 Å². The lowest BCUT2D eigenvalue weighted by atomic mass is 10.2. The second-order valence-corrected chi connectivity index (χ2v) is 5.31. The van der Waals surface area contributed by atoms with Crippen molar-refractivity contribution in [3.8, 4) is 5.69 Å². The Kier molecular flexibility index (Phi) is 3.59. The highest BCUT2D eigenvalue weighted by atomic mass is 16.6. The molecular weight excluding hydrogens is 320 g/mol. The van der Waals surface area contributed by atoms with Crippen LogP contribution in [0.25, 0.3) is 16.7 Å². The van der Waals surface area contributed by atoms with Crippen LogP contribution in [0.4, 0.5) is 11.6 Å². The van der Waals surface area contributed by atoms with Gasteiger partial charge in [-0.05, 0) is 36.4 Å². The maximum atomic E-state index is 10.6. The molecule has 7 nitrogen and oxygen atoms in total. The quantitative estimate of drug-likeness (QED) is 0.317. The maximum Gasteiger partial charge on any atom is 0.433 e. The maximum absolute atomic E-state index is 10.6. The van der Waals surface area contributed by atoms with Crippen LogP contribution < -0.4 is 0 Å². The Hall–Kier alpha value is -3.74. The van der Waals surface area contributed by atoms with Gasteiger partial charge in [-0.2, -0.15) is 0 Å². The van der Waals surface area contributed by atoms with Crippen molar-refractivity contribution >= 4 is 28.8 Å². The lowest BCUT2D eigenvalue weighted by molar-refractivity contribution is -0.402. The van der Waals surface area contributed by atoms with Crippen LogP contribution >= 0.6 is 0 Å². The second-order valence-electron chi connectivity index (χ2n) is 5.31. The molecule has 0 radical (unpaired) electrons. The van der Waals surface area contributed by atoms with Crippen molar-refractivity contribution in [1.29, 1.82) is 0 Å². The van der Waals surface area contributed by atoms with Crippen molar-refractivity contribution < 1.29 is 9.34 Å². The van der Waals surface area contributed by atoms with Gasteiger partial charge in [0, 0.05) is 5.69 Å². The summed E-state index contributed by atoms with van der Waals surface area (Å²) in [4.78, 5) is 18.7. The van der Waals surface area contributed by atoms with E-state index in [4.69, 9.17) is 4.42 Å². The Morgan fingerprint density at radius 3 is 2.72 bits per heavy atom. The highest BCUT2D eigenvalue weighted by Gasteiger charge is 2.10. The van der Waals surface area contributed by atoms with E-state index in [0.717, 1.165) is 16.7 Å². The zero-order valence-electron chi connectivity index (χ0n) is 12.9. The molecule has 25 heavy (non-hydrogen) atoms. The molecule has 0 bridgehead atoms. The fraction of sp³-hybridized carbons (Fsp3) is 0. The molecule has 2 aromatic carbocycles. The number of aromatic nitrogens is 2. The fourth-order valence-corrected chi connectivity index (χ4v) is 2.52. The van der Waals surface area contributed by atoms with Gasteiger partial charge in [-0.3, -0.25) is 19.7 Å². The average Bonchev–Trinajstić information content (AvgIpc) is 3.27. The highest BCUT2D eigenvalue weighted by Crippen LogP contribution is 2.23. The molecule has 7 heteroatoms. The van der Waals surface area contributed by atoms with Crippen LogP contribution in [-0.2, 0) is 0 Å². The van der Waals surface area contributed by atoms with E-state index in [2.05, 4.69) is 9.98 Å². The molecule has 2 aromatic heterocycles. The molecule has 0 aliphatic heterocycles. The SMILES string of the molecule is O=[N+]([O-])c1ccc(C=Nc2ccc3c(c2)ncn3-c2ccccc2)o1. The average molecular weight is 332 g/mol. The van der Waals surface area contributed by atoms with E-state index in [0.29, 0.717) is 11.4 Å². The number of nitrogens with zero attached hydrogens (tertiary/aromatic N) is 4. The zero-order chi connectivity index (χ0) is 17.2. The first-order valence-electron chi connectivity index (χ1n) is 7.51. The Bertz CT molecular complexity index is 1080. The molecule has 0 spiro atoms. The molecule has 0 fully saturated rings. The first-order chi connectivity index (χ1) is 12.2. The molecule has 0 aliphatic carbocycles. The Morgan fingerprint density at radius 1 is 1.12 bits per heavy atom. The number of hydrogen-bond donors (Lipinski definition) is 0. The van der Waals surface area contributed by atoms with Gasteiger partial charge < -0.3 is 4.42 Å². The van der Waals surface area contributed by atoms with Gasteiger partial charge >= 0.3 is 5.88 Å².